The Hall–Kier alpha value is -2.15. The van der Waals surface area contributed by atoms with Crippen molar-refractivity contribution in [2.75, 3.05) is 11.9 Å². The molecule has 0 unspecified atom stereocenters. The van der Waals surface area contributed by atoms with E-state index in [1.807, 2.05) is 30.5 Å². The number of anilines is 1. The number of ether oxygens (including phenoxy) is 1. The lowest BCUT2D eigenvalue weighted by Crippen LogP contribution is -2.10. The Kier molecular flexibility index (Phi) is 6.66. The minimum Gasteiger partial charge on any atom is -0.493 e. The second-order valence-electron chi connectivity index (χ2n) is 5.47. The number of thiophene rings is 1. The number of hydrogen-bond donors (Lipinski definition) is 1. The van der Waals surface area contributed by atoms with Gasteiger partial charge in [0.15, 0.2) is 0 Å². The van der Waals surface area contributed by atoms with E-state index in [2.05, 4.69) is 26.2 Å². The fraction of sp³-hybridized carbons (Fsp3) is 0.100. The smallest absolute Gasteiger partial charge is 0.258 e. The third-order valence-electron chi connectivity index (χ3n) is 3.58. The van der Waals surface area contributed by atoms with E-state index in [0.717, 1.165) is 15.8 Å². The van der Waals surface area contributed by atoms with Crippen LogP contribution < -0.4 is 10.1 Å². The molecule has 138 valence electrons. The SMILES string of the molecule is CCOc1ccc(Br)cc1C=Nc1sccc1C(=O)Nc1ccc(Cl)cc1. The van der Waals surface area contributed by atoms with E-state index in [4.69, 9.17) is 16.3 Å². The summed E-state index contributed by atoms with van der Waals surface area (Å²) in [6.45, 7) is 2.50. The fourth-order valence-electron chi connectivity index (χ4n) is 2.34. The first kappa shape index (κ1) is 19.6. The molecular formula is C20H16BrClN2O2S. The second kappa shape index (κ2) is 9.17. The minimum atomic E-state index is -0.218. The molecule has 0 radical (unpaired) electrons. The normalized spacial score (nSPS) is 10.9. The molecule has 1 heterocycles. The van der Waals surface area contributed by atoms with Gasteiger partial charge in [-0.3, -0.25) is 4.79 Å². The van der Waals surface area contributed by atoms with Crippen LogP contribution in [-0.2, 0) is 0 Å². The van der Waals surface area contributed by atoms with Gasteiger partial charge in [-0.05, 0) is 60.8 Å². The van der Waals surface area contributed by atoms with Crippen molar-refractivity contribution < 1.29 is 9.53 Å². The molecule has 1 N–H and O–H groups in total. The molecule has 0 saturated carbocycles. The second-order valence-corrected chi connectivity index (χ2v) is 7.72. The molecule has 3 aromatic rings. The minimum absolute atomic E-state index is 0.218. The first-order valence-electron chi connectivity index (χ1n) is 8.17. The summed E-state index contributed by atoms with van der Waals surface area (Å²) in [4.78, 5) is 17.1. The maximum atomic E-state index is 12.6. The molecule has 0 spiro atoms. The van der Waals surface area contributed by atoms with Crippen molar-refractivity contribution >= 4 is 61.7 Å². The highest BCUT2D eigenvalue weighted by atomic mass is 79.9. The number of rotatable bonds is 6. The van der Waals surface area contributed by atoms with Gasteiger partial charge in [0.1, 0.15) is 10.8 Å². The first-order valence-corrected chi connectivity index (χ1v) is 10.2. The molecule has 0 aliphatic rings. The summed E-state index contributed by atoms with van der Waals surface area (Å²) < 4.78 is 6.56. The molecule has 0 aliphatic heterocycles. The van der Waals surface area contributed by atoms with E-state index in [0.29, 0.717) is 27.9 Å². The summed E-state index contributed by atoms with van der Waals surface area (Å²) in [5, 5.41) is 5.94. The molecule has 0 saturated heterocycles. The average molecular weight is 464 g/mol. The van der Waals surface area contributed by atoms with E-state index in [1.54, 1.807) is 36.5 Å². The van der Waals surface area contributed by atoms with Crippen LogP contribution in [-0.4, -0.2) is 18.7 Å². The third kappa shape index (κ3) is 5.19. The number of nitrogens with zero attached hydrogens (tertiary/aromatic N) is 1. The van der Waals surface area contributed by atoms with Gasteiger partial charge in [0.2, 0.25) is 0 Å². The fourth-order valence-corrected chi connectivity index (χ4v) is 3.58. The molecule has 0 bridgehead atoms. The van der Waals surface area contributed by atoms with Crippen LogP contribution in [0.2, 0.25) is 5.02 Å². The maximum absolute atomic E-state index is 12.6. The van der Waals surface area contributed by atoms with Gasteiger partial charge in [0.05, 0.1) is 12.2 Å². The molecule has 0 fully saturated rings. The Bertz CT molecular complexity index is 970. The van der Waals surface area contributed by atoms with E-state index in [9.17, 15) is 4.79 Å². The lowest BCUT2D eigenvalue weighted by atomic mass is 10.2. The van der Waals surface area contributed by atoms with E-state index < -0.39 is 0 Å². The monoisotopic (exact) mass is 462 g/mol. The molecule has 3 rings (SSSR count). The third-order valence-corrected chi connectivity index (χ3v) is 5.15. The maximum Gasteiger partial charge on any atom is 0.258 e. The lowest BCUT2D eigenvalue weighted by molar-refractivity contribution is 0.102. The van der Waals surface area contributed by atoms with Gasteiger partial charge in [0.25, 0.3) is 5.91 Å². The van der Waals surface area contributed by atoms with Gasteiger partial charge in [-0.15, -0.1) is 11.3 Å². The van der Waals surface area contributed by atoms with Crippen molar-refractivity contribution in [1.29, 1.82) is 0 Å². The quantitative estimate of drug-likeness (QED) is 0.421. The molecule has 27 heavy (non-hydrogen) atoms. The van der Waals surface area contributed by atoms with Gasteiger partial charge >= 0.3 is 0 Å². The molecule has 0 atom stereocenters. The zero-order chi connectivity index (χ0) is 19.2. The summed E-state index contributed by atoms with van der Waals surface area (Å²) in [6, 6.07) is 14.5. The van der Waals surface area contributed by atoms with Crippen molar-refractivity contribution in [3.05, 3.63) is 74.5 Å². The number of nitrogens with one attached hydrogen (secondary N) is 1. The van der Waals surface area contributed by atoms with Gasteiger partial charge in [-0.1, -0.05) is 27.5 Å². The Labute approximate surface area is 175 Å². The largest absolute Gasteiger partial charge is 0.493 e. The van der Waals surface area contributed by atoms with E-state index in [-0.39, 0.29) is 5.91 Å². The molecule has 7 heteroatoms. The van der Waals surface area contributed by atoms with Gasteiger partial charge in [-0.2, -0.15) is 0 Å². The molecule has 2 aromatic carbocycles. The highest BCUT2D eigenvalue weighted by Gasteiger charge is 2.13. The number of benzene rings is 2. The number of carbonyl (C=O) groups excluding carboxylic acids is 1. The van der Waals surface area contributed by atoms with Crippen LogP contribution >= 0.6 is 38.9 Å². The van der Waals surface area contributed by atoms with E-state index >= 15 is 0 Å². The Morgan fingerprint density at radius 1 is 1.26 bits per heavy atom. The summed E-state index contributed by atoms with van der Waals surface area (Å²) in [6.07, 6.45) is 1.71. The number of amides is 1. The van der Waals surface area contributed by atoms with Crippen molar-refractivity contribution in [2.45, 2.75) is 6.92 Å². The highest BCUT2D eigenvalue weighted by molar-refractivity contribution is 9.10. The van der Waals surface area contributed by atoms with Crippen LogP contribution in [0.25, 0.3) is 0 Å². The van der Waals surface area contributed by atoms with Crippen LogP contribution in [0.1, 0.15) is 22.8 Å². The Morgan fingerprint density at radius 2 is 2.04 bits per heavy atom. The molecule has 1 aromatic heterocycles. The van der Waals surface area contributed by atoms with Gasteiger partial charge < -0.3 is 10.1 Å². The predicted molar refractivity (Wildman–Crippen MR) is 116 cm³/mol. The summed E-state index contributed by atoms with van der Waals surface area (Å²) in [7, 11) is 0. The predicted octanol–water partition coefficient (Wildman–Crippen LogP) is 6.57. The number of aliphatic imine (C=N–C) groups is 1. The topological polar surface area (TPSA) is 50.7 Å². The van der Waals surface area contributed by atoms with Crippen LogP contribution in [0.4, 0.5) is 10.7 Å². The van der Waals surface area contributed by atoms with Gasteiger partial charge in [0, 0.05) is 27.0 Å². The number of hydrogen-bond acceptors (Lipinski definition) is 4. The molecule has 4 nitrogen and oxygen atoms in total. The van der Waals surface area contributed by atoms with E-state index in [1.165, 1.54) is 11.3 Å². The van der Waals surface area contributed by atoms with Gasteiger partial charge in [-0.25, -0.2) is 4.99 Å². The van der Waals surface area contributed by atoms with Crippen molar-refractivity contribution in [3.8, 4) is 5.75 Å². The van der Waals surface area contributed by atoms with Crippen molar-refractivity contribution in [2.24, 2.45) is 4.99 Å². The molecule has 1 amide bonds. The number of carbonyl (C=O) groups is 1. The van der Waals surface area contributed by atoms with Crippen molar-refractivity contribution in [3.63, 3.8) is 0 Å². The van der Waals surface area contributed by atoms with Crippen LogP contribution in [0.5, 0.6) is 5.75 Å². The van der Waals surface area contributed by atoms with Crippen LogP contribution in [0.3, 0.4) is 0 Å². The van der Waals surface area contributed by atoms with Crippen LogP contribution in [0, 0.1) is 0 Å². The Morgan fingerprint density at radius 3 is 2.78 bits per heavy atom. The standard InChI is InChI=1S/C20H16BrClN2O2S/c1-2-26-18-8-3-14(21)11-13(18)12-23-20-17(9-10-27-20)19(25)24-16-6-4-15(22)5-7-16/h3-12H,2H2,1H3,(H,24,25). The highest BCUT2D eigenvalue weighted by Crippen LogP contribution is 2.29. The Balaban J connectivity index is 1.81. The van der Waals surface area contributed by atoms with Crippen molar-refractivity contribution in [1.82, 2.24) is 0 Å². The zero-order valence-electron chi connectivity index (χ0n) is 14.4. The summed E-state index contributed by atoms with van der Waals surface area (Å²) in [5.74, 6) is 0.526. The summed E-state index contributed by atoms with van der Waals surface area (Å²) >= 11 is 10.7. The zero-order valence-corrected chi connectivity index (χ0v) is 17.6. The number of halogens is 2. The molecular weight excluding hydrogens is 448 g/mol. The summed E-state index contributed by atoms with van der Waals surface area (Å²) in [5.41, 5.74) is 2.03. The lowest BCUT2D eigenvalue weighted by Gasteiger charge is -2.07. The molecule has 0 aliphatic carbocycles. The van der Waals surface area contributed by atoms with Crippen LogP contribution in [0.15, 0.2) is 63.4 Å². The first-order chi connectivity index (χ1) is 13.1. The average Bonchev–Trinajstić information content (AvgIpc) is 3.12.